The van der Waals surface area contributed by atoms with Gasteiger partial charge in [-0.1, -0.05) is 5.57 Å². The fraction of sp³-hybridized carbons (Fsp3) is 0.800. The zero-order valence-corrected chi connectivity index (χ0v) is 9.21. The van der Waals surface area contributed by atoms with Crippen molar-refractivity contribution in [1.82, 2.24) is 0 Å². The van der Waals surface area contributed by atoms with Crippen LogP contribution in [0.15, 0.2) is 11.0 Å². The molecule has 1 fully saturated rings. The van der Waals surface area contributed by atoms with Crippen molar-refractivity contribution in [2.45, 2.75) is 43.2 Å². The van der Waals surface area contributed by atoms with Gasteiger partial charge in [0, 0.05) is 5.25 Å². The number of rotatable bonds is 0. The summed E-state index contributed by atoms with van der Waals surface area (Å²) in [7, 11) is 0. The van der Waals surface area contributed by atoms with Crippen molar-refractivity contribution in [3.05, 3.63) is 11.0 Å². The second kappa shape index (κ2) is 2.95. The molecule has 2 bridgehead atoms. The highest BCUT2D eigenvalue weighted by molar-refractivity contribution is 8.02. The first-order valence-corrected chi connectivity index (χ1v) is 5.93. The number of hydrogen-bond donors (Lipinski definition) is 0. The Morgan fingerprint density at radius 1 is 1.67 bits per heavy atom. The normalized spacial score (nSPS) is 47.1. The highest BCUT2D eigenvalue weighted by Gasteiger charge is 2.40. The summed E-state index contributed by atoms with van der Waals surface area (Å²) in [5, 5.41) is 2.97. The summed E-state index contributed by atoms with van der Waals surface area (Å²) >= 11 is 8.37. The highest BCUT2D eigenvalue weighted by Crippen LogP contribution is 2.49. The third-order valence-corrected chi connectivity index (χ3v) is 5.34. The standard InChI is InChI=1S/C10H15ClS/c1-7-6-12-9-5-8(7)3-4-10(9,2)11/h6,8-9H,3-5H2,1-2H3/t8-,9-,10-/m1/s1. The lowest BCUT2D eigenvalue weighted by molar-refractivity contribution is 0.349. The van der Waals surface area contributed by atoms with Gasteiger partial charge in [-0.15, -0.1) is 23.4 Å². The van der Waals surface area contributed by atoms with Gasteiger partial charge in [-0.3, -0.25) is 0 Å². The predicted molar refractivity (Wildman–Crippen MR) is 56.7 cm³/mol. The van der Waals surface area contributed by atoms with Crippen LogP contribution in [0.25, 0.3) is 0 Å². The molecule has 2 rings (SSSR count). The van der Waals surface area contributed by atoms with Crippen LogP contribution < -0.4 is 0 Å². The molecule has 0 saturated heterocycles. The summed E-state index contributed by atoms with van der Waals surface area (Å²) in [5.74, 6) is 0.836. The molecular formula is C10H15ClS. The molecule has 1 aliphatic heterocycles. The Hall–Kier alpha value is 0.380. The zero-order valence-electron chi connectivity index (χ0n) is 7.64. The summed E-state index contributed by atoms with van der Waals surface area (Å²) in [6.07, 6.45) is 3.77. The molecule has 0 aromatic rings. The van der Waals surface area contributed by atoms with Gasteiger partial charge in [0.15, 0.2) is 0 Å². The van der Waals surface area contributed by atoms with E-state index in [1.54, 1.807) is 5.57 Å². The molecule has 0 radical (unpaired) electrons. The van der Waals surface area contributed by atoms with Crippen molar-refractivity contribution in [3.8, 4) is 0 Å². The molecule has 12 heavy (non-hydrogen) atoms. The van der Waals surface area contributed by atoms with Crippen LogP contribution >= 0.6 is 23.4 Å². The first kappa shape index (κ1) is 8.96. The summed E-state index contributed by atoms with van der Waals surface area (Å²) < 4.78 is 0. The van der Waals surface area contributed by atoms with Crippen LogP contribution in [0.5, 0.6) is 0 Å². The SMILES string of the molecule is CC1=CS[C@@H]2C[C@H]1CC[C@@]2(C)Cl. The second-order valence-corrected chi connectivity index (χ2v) is 6.18. The van der Waals surface area contributed by atoms with Crippen molar-refractivity contribution in [2.24, 2.45) is 5.92 Å². The average Bonchev–Trinajstić information content (AvgIpc) is 2.02. The molecule has 0 nitrogen and oxygen atoms in total. The van der Waals surface area contributed by atoms with Crippen LogP contribution in [0, 0.1) is 5.92 Å². The van der Waals surface area contributed by atoms with Gasteiger partial charge >= 0.3 is 0 Å². The molecule has 1 aliphatic carbocycles. The van der Waals surface area contributed by atoms with Crippen molar-refractivity contribution < 1.29 is 0 Å². The molecule has 1 saturated carbocycles. The van der Waals surface area contributed by atoms with Gasteiger partial charge < -0.3 is 0 Å². The van der Waals surface area contributed by atoms with Gasteiger partial charge in [-0.2, -0.15) is 0 Å². The predicted octanol–water partition coefficient (Wildman–Crippen LogP) is 3.80. The van der Waals surface area contributed by atoms with Crippen LogP contribution in [-0.4, -0.2) is 10.1 Å². The van der Waals surface area contributed by atoms with E-state index in [1.807, 2.05) is 11.8 Å². The van der Waals surface area contributed by atoms with E-state index in [-0.39, 0.29) is 4.87 Å². The van der Waals surface area contributed by atoms with E-state index in [1.165, 1.54) is 19.3 Å². The molecule has 3 atom stereocenters. The van der Waals surface area contributed by atoms with Crippen LogP contribution in [0.3, 0.4) is 0 Å². The molecule has 1 heterocycles. The van der Waals surface area contributed by atoms with Gasteiger partial charge in [0.1, 0.15) is 0 Å². The summed E-state index contributed by atoms with van der Waals surface area (Å²) in [6.45, 7) is 4.45. The third kappa shape index (κ3) is 1.42. The Morgan fingerprint density at radius 2 is 2.42 bits per heavy atom. The molecule has 68 valence electrons. The topological polar surface area (TPSA) is 0 Å². The van der Waals surface area contributed by atoms with E-state index >= 15 is 0 Å². The monoisotopic (exact) mass is 202 g/mol. The zero-order chi connectivity index (χ0) is 8.77. The fourth-order valence-electron chi connectivity index (χ4n) is 2.14. The fourth-order valence-corrected chi connectivity index (χ4v) is 3.80. The van der Waals surface area contributed by atoms with E-state index in [0.29, 0.717) is 5.25 Å². The molecule has 0 unspecified atom stereocenters. The number of fused-ring (bicyclic) bond motifs is 2. The average molecular weight is 203 g/mol. The Labute approximate surface area is 83.7 Å². The van der Waals surface area contributed by atoms with Crippen LogP contribution in [0.2, 0.25) is 0 Å². The Morgan fingerprint density at radius 3 is 3.17 bits per heavy atom. The number of halogens is 1. The van der Waals surface area contributed by atoms with Crippen molar-refractivity contribution >= 4 is 23.4 Å². The van der Waals surface area contributed by atoms with Gasteiger partial charge in [0.05, 0.1) is 4.87 Å². The molecule has 0 N–H and O–H groups in total. The minimum atomic E-state index is 0.0539. The summed E-state index contributed by atoms with van der Waals surface area (Å²) in [4.78, 5) is 0.0539. The largest absolute Gasteiger partial charge is 0.129 e. The highest BCUT2D eigenvalue weighted by atomic mass is 35.5. The quantitative estimate of drug-likeness (QED) is 0.539. The molecule has 2 heteroatoms. The lowest BCUT2D eigenvalue weighted by Gasteiger charge is -2.42. The first-order valence-electron chi connectivity index (χ1n) is 4.60. The number of alkyl halides is 1. The molecule has 2 aliphatic rings. The van der Waals surface area contributed by atoms with E-state index in [2.05, 4.69) is 19.3 Å². The third-order valence-electron chi connectivity index (χ3n) is 3.21. The molecule has 0 spiro atoms. The number of thioether (sulfide) groups is 1. The Kier molecular flexibility index (Phi) is 2.20. The van der Waals surface area contributed by atoms with E-state index in [9.17, 15) is 0 Å². The van der Waals surface area contributed by atoms with Crippen LogP contribution in [0.1, 0.15) is 33.1 Å². The van der Waals surface area contributed by atoms with Gasteiger partial charge in [0.2, 0.25) is 0 Å². The van der Waals surface area contributed by atoms with Crippen molar-refractivity contribution in [3.63, 3.8) is 0 Å². The number of allylic oxidation sites excluding steroid dienone is 1. The second-order valence-electron chi connectivity index (χ2n) is 4.24. The Balaban J connectivity index is 2.20. The summed E-state index contributed by atoms with van der Waals surface area (Å²) in [6, 6.07) is 0. The smallest absolute Gasteiger partial charge is 0.0540 e. The van der Waals surface area contributed by atoms with Crippen molar-refractivity contribution in [2.75, 3.05) is 0 Å². The lowest BCUT2D eigenvalue weighted by atomic mass is 9.79. The van der Waals surface area contributed by atoms with E-state index in [0.717, 1.165) is 5.92 Å². The van der Waals surface area contributed by atoms with Gasteiger partial charge in [-0.25, -0.2) is 0 Å². The van der Waals surface area contributed by atoms with Crippen LogP contribution in [0.4, 0.5) is 0 Å². The first-order chi connectivity index (χ1) is 5.59. The Bertz CT molecular complexity index is 220. The molecule has 0 aromatic carbocycles. The van der Waals surface area contributed by atoms with Crippen LogP contribution in [-0.2, 0) is 0 Å². The minimum absolute atomic E-state index is 0.0539. The minimum Gasteiger partial charge on any atom is -0.129 e. The molecular weight excluding hydrogens is 188 g/mol. The molecule has 0 amide bonds. The maximum Gasteiger partial charge on any atom is 0.0540 e. The van der Waals surface area contributed by atoms with Crippen molar-refractivity contribution in [1.29, 1.82) is 0 Å². The van der Waals surface area contributed by atoms with Gasteiger partial charge in [-0.05, 0) is 44.4 Å². The van der Waals surface area contributed by atoms with Gasteiger partial charge in [0.25, 0.3) is 0 Å². The lowest BCUT2D eigenvalue weighted by Crippen LogP contribution is -2.39. The summed E-state index contributed by atoms with van der Waals surface area (Å²) in [5.41, 5.74) is 1.57. The molecule has 0 aromatic heterocycles. The van der Waals surface area contributed by atoms with E-state index < -0.39 is 0 Å². The maximum absolute atomic E-state index is 6.44. The number of hydrogen-bond acceptors (Lipinski definition) is 1. The van der Waals surface area contributed by atoms with E-state index in [4.69, 9.17) is 11.6 Å². The maximum atomic E-state index is 6.44.